The third-order valence-corrected chi connectivity index (χ3v) is 9.44. The second-order valence-electron chi connectivity index (χ2n) is 12.0. The maximum Gasteiger partial charge on any atom is 0.161 e. The van der Waals surface area contributed by atoms with Crippen LogP contribution in [0.1, 0.15) is 77.8 Å². The molecule has 2 fully saturated rings. The first kappa shape index (κ1) is 23.8. The van der Waals surface area contributed by atoms with Gasteiger partial charge in [-0.3, -0.25) is 0 Å². The van der Waals surface area contributed by atoms with E-state index < -0.39 is 5.60 Å². The number of nitrogens with one attached hydrogen (secondary N) is 1. The minimum atomic E-state index is -0.893. The lowest BCUT2D eigenvalue weighted by atomic mass is 9.49. The van der Waals surface area contributed by atoms with Crippen LogP contribution in [0.4, 0.5) is 0 Å². The Labute approximate surface area is 193 Å². The van der Waals surface area contributed by atoms with Crippen molar-refractivity contribution in [3.8, 4) is 11.5 Å². The van der Waals surface area contributed by atoms with E-state index in [0.717, 1.165) is 49.3 Å². The molecular weight excluding hydrogens is 402 g/mol. The van der Waals surface area contributed by atoms with E-state index in [2.05, 4.69) is 33.0 Å². The number of rotatable bonds is 6. The van der Waals surface area contributed by atoms with Crippen LogP contribution >= 0.6 is 0 Å². The Morgan fingerprint density at radius 2 is 1.84 bits per heavy atom. The Bertz CT molecular complexity index is 841. The first-order valence-electron chi connectivity index (χ1n) is 12.5. The van der Waals surface area contributed by atoms with Gasteiger partial charge in [-0.05, 0) is 80.9 Å². The van der Waals surface area contributed by atoms with Gasteiger partial charge in [0.15, 0.2) is 11.5 Å². The highest BCUT2D eigenvalue weighted by atomic mass is 16.5. The van der Waals surface area contributed by atoms with Crippen LogP contribution in [-0.4, -0.2) is 46.7 Å². The van der Waals surface area contributed by atoms with E-state index in [1.54, 1.807) is 13.2 Å². The molecule has 0 heterocycles. The summed E-state index contributed by atoms with van der Waals surface area (Å²) in [5, 5.41) is 37.1. The Morgan fingerprint density at radius 3 is 2.41 bits per heavy atom. The SMILES string of the molecule is CC[C@]12CC(OC)C([C@](C)(O)C(C)(C)C)CC1C(NCC1CC1)Cc1ccc(O)c(O)c12. The lowest BCUT2D eigenvalue weighted by Gasteiger charge is -2.59. The molecule has 3 aliphatic carbocycles. The normalized spacial score (nSPS) is 34.5. The van der Waals surface area contributed by atoms with Crippen molar-refractivity contribution in [1.82, 2.24) is 5.32 Å². The molecule has 4 N–H and O–H groups in total. The summed E-state index contributed by atoms with van der Waals surface area (Å²) in [6.45, 7) is 11.5. The number of benzene rings is 1. The summed E-state index contributed by atoms with van der Waals surface area (Å²) in [6, 6.07) is 3.89. The number of phenols is 2. The van der Waals surface area contributed by atoms with Crippen molar-refractivity contribution in [3.63, 3.8) is 0 Å². The number of aromatic hydroxyl groups is 2. The molecule has 3 aliphatic rings. The molecule has 0 radical (unpaired) electrons. The second-order valence-corrected chi connectivity index (χ2v) is 12.0. The number of hydrogen-bond donors (Lipinski definition) is 4. The van der Waals surface area contributed by atoms with Crippen LogP contribution in [-0.2, 0) is 16.6 Å². The van der Waals surface area contributed by atoms with Crippen molar-refractivity contribution in [1.29, 1.82) is 0 Å². The van der Waals surface area contributed by atoms with Gasteiger partial charge in [0, 0.05) is 30.0 Å². The smallest absolute Gasteiger partial charge is 0.161 e. The zero-order chi connectivity index (χ0) is 23.5. The van der Waals surface area contributed by atoms with Crippen LogP contribution in [0, 0.1) is 23.2 Å². The predicted molar refractivity (Wildman–Crippen MR) is 127 cm³/mol. The van der Waals surface area contributed by atoms with E-state index in [1.165, 1.54) is 12.8 Å². The molecule has 0 bridgehead atoms. The van der Waals surface area contributed by atoms with E-state index in [0.29, 0.717) is 0 Å². The highest BCUT2D eigenvalue weighted by molar-refractivity contribution is 5.55. The van der Waals surface area contributed by atoms with Gasteiger partial charge < -0.3 is 25.4 Å². The summed E-state index contributed by atoms with van der Waals surface area (Å²) in [4.78, 5) is 0. The van der Waals surface area contributed by atoms with Crippen LogP contribution < -0.4 is 5.32 Å². The maximum atomic E-state index is 11.7. The minimum Gasteiger partial charge on any atom is -0.504 e. The van der Waals surface area contributed by atoms with E-state index in [1.807, 2.05) is 13.0 Å². The molecule has 0 spiro atoms. The first-order valence-corrected chi connectivity index (χ1v) is 12.5. The quantitative estimate of drug-likeness (QED) is 0.485. The van der Waals surface area contributed by atoms with Crippen molar-refractivity contribution in [2.24, 2.45) is 23.2 Å². The summed E-state index contributed by atoms with van der Waals surface area (Å²) in [7, 11) is 1.75. The third kappa shape index (κ3) is 3.74. The molecule has 1 aromatic rings. The topological polar surface area (TPSA) is 82.0 Å². The first-order chi connectivity index (χ1) is 15.0. The fourth-order valence-corrected chi connectivity index (χ4v) is 6.70. The lowest BCUT2D eigenvalue weighted by molar-refractivity contribution is -0.167. The Balaban J connectivity index is 1.81. The molecule has 4 unspecified atom stereocenters. The number of phenolic OH excluding ortho intramolecular Hbond substituents is 2. The molecule has 0 amide bonds. The summed E-state index contributed by atoms with van der Waals surface area (Å²) in [6.07, 6.45) is 5.74. The van der Waals surface area contributed by atoms with Gasteiger partial charge in [0.25, 0.3) is 0 Å². The van der Waals surface area contributed by atoms with Gasteiger partial charge >= 0.3 is 0 Å². The summed E-state index contributed by atoms with van der Waals surface area (Å²) in [5.74, 6) is 1.01. The van der Waals surface area contributed by atoms with Gasteiger partial charge in [-0.1, -0.05) is 33.8 Å². The van der Waals surface area contributed by atoms with E-state index >= 15 is 0 Å². The van der Waals surface area contributed by atoms with Crippen molar-refractivity contribution in [2.75, 3.05) is 13.7 Å². The summed E-state index contributed by atoms with van der Waals surface area (Å²) >= 11 is 0. The van der Waals surface area contributed by atoms with Crippen LogP contribution in [0.15, 0.2) is 12.1 Å². The molecule has 0 aliphatic heterocycles. The number of aliphatic hydroxyl groups is 1. The Morgan fingerprint density at radius 1 is 1.16 bits per heavy atom. The van der Waals surface area contributed by atoms with Crippen LogP contribution in [0.3, 0.4) is 0 Å². The van der Waals surface area contributed by atoms with Crippen LogP contribution in [0.5, 0.6) is 11.5 Å². The highest BCUT2D eigenvalue weighted by Crippen LogP contribution is 2.60. The van der Waals surface area contributed by atoms with Gasteiger partial charge in [-0.25, -0.2) is 0 Å². The van der Waals surface area contributed by atoms with Crippen molar-refractivity contribution >= 4 is 0 Å². The number of fused-ring (bicyclic) bond motifs is 3. The maximum absolute atomic E-state index is 11.7. The van der Waals surface area contributed by atoms with Gasteiger partial charge in [-0.2, -0.15) is 0 Å². The van der Waals surface area contributed by atoms with Crippen molar-refractivity contribution < 1.29 is 20.1 Å². The molecule has 5 nitrogen and oxygen atoms in total. The van der Waals surface area contributed by atoms with E-state index in [-0.39, 0.29) is 46.3 Å². The fraction of sp³-hybridized carbons (Fsp3) is 0.778. The number of hydrogen-bond acceptors (Lipinski definition) is 5. The standard InChI is InChI=1S/C27H43NO4/c1-7-27-14-22(32-6)19(26(5,31)25(2,3)4)13-18(27)20(28-15-16-8-9-16)12-17-10-11-21(29)24(30)23(17)27/h10-11,16,18-20,22,28-31H,7-9,12-15H2,1-6H3/t18?,19?,20?,22?,26-,27-/m0/s1. The predicted octanol–water partition coefficient (Wildman–Crippen LogP) is 4.51. The van der Waals surface area contributed by atoms with E-state index in [4.69, 9.17) is 4.74 Å². The Hall–Kier alpha value is -1.30. The molecule has 6 atom stereocenters. The second kappa shape index (κ2) is 8.18. The van der Waals surface area contributed by atoms with E-state index in [9.17, 15) is 15.3 Å². The minimum absolute atomic E-state index is 0.0107. The zero-order valence-corrected chi connectivity index (χ0v) is 20.7. The molecule has 0 saturated heterocycles. The monoisotopic (exact) mass is 445 g/mol. The van der Waals surface area contributed by atoms with Gasteiger partial charge in [-0.15, -0.1) is 0 Å². The number of methoxy groups -OCH3 is 1. The highest BCUT2D eigenvalue weighted by Gasteiger charge is 2.59. The molecule has 180 valence electrons. The molecule has 1 aromatic carbocycles. The van der Waals surface area contributed by atoms with Crippen molar-refractivity contribution in [3.05, 3.63) is 23.3 Å². The van der Waals surface area contributed by atoms with Gasteiger partial charge in [0.1, 0.15) is 0 Å². The summed E-state index contributed by atoms with van der Waals surface area (Å²) < 4.78 is 6.07. The third-order valence-electron chi connectivity index (χ3n) is 9.44. The molecule has 5 heteroatoms. The molecule has 0 aromatic heterocycles. The molecule has 32 heavy (non-hydrogen) atoms. The Kier molecular flexibility index (Phi) is 6.09. The number of ether oxygens (including phenoxy) is 1. The summed E-state index contributed by atoms with van der Waals surface area (Å²) in [5.41, 5.74) is 0.552. The van der Waals surface area contributed by atoms with Gasteiger partial charge in [0.05, 0.1) is 11.7 Å². The van der Waals surface area contributed by atoms with Gasteiger partial charge in [0.2, 0.25) is 0 Å². The van der Waals surface area contributed by atoms with Crippen LogP contribution in [0.25, 0.3) is 0 Å². The van der Waals surface area contributed by atoms with Crippen LogP contribution in [0.2, 0.25) is 0 Å². The lowest BCUT2D eigenvalue weighted by Crippen LogP contribution is -2.63. The zero-order valence-electron chi connectivity index (χ0n) is 20.7. The van der Waals surface area contributed by atoms with Crippen molar-refractivity contribution in [2.45, 2.75) is 96.3 Å². The molecule has 4 rings (SSSR count). The fourth-order valence-electron chi connectivity index (χ4n) is 6.70. The largest absolute Gasteiger partial charge is 0.504 e. The molecule has 2 saturated carbocycles. The average molecular weight is 446 g/mol. The molecular formula is C27H43NO4. The average Bonchev–Trinajstić information content (AvgIpc) is 3.57.